The van der Waals surface area contributed by atoms with Crippen molar-refractivity contribution in [3.8, 4) is 0 Å². The van der Waals surface area contributed by atoms with Crippen LogP contribution in [0.25, 0.3) is 0 Å². The lowest BCUT2D eigenvalue weighted by molar-refractivity contribution is -0.121. The Kier molecular flexibility index (Phi) is 5.48. The molecule has 0 spiro atoms. The highest BCUT2D eigenvalue weighted by atomic mass is 19.1. The summed E-state index contributed by atoms with van der Waals surface area (Å²) in [4.78, 5) is 12.2. The summed E-state index contributed by atoms with van der Waals surface area (Å²) in [5.41, 5.74) is 3.58. The molecule has 0 aliphatic carbocycles. The molecule has 2 aromatic carbocycles. The first-order valence-corrected chi connectivity index (χ1v) is 9.41. The Balaban J connectivity index is 1.39. The minimum Gasteiger partial charge on any atom is -0.370 e. The number of fused-ring (bicyclic) bond motifs is 1. The van der Waals surface area contributed by atoms with Gasteiger partial charge in [-0.05, 0) is 29.2 Å². The number of hydrogen-bond donors (Lipinski definition) is 1. The van der Waals surface area contributed by atoms with Gasteiger partial charge in [-0.25, -0.2) is 4.39 Å². The lowest BCUT2D eigenvalue weighted by Gasteiger charge is -2.22. The van der Waals surface area contributed by atoms with Crippen LogP contribution in [0.3, 0.4) is 0 Å². The molecule has 1 N–H and O–H groups in total. The largest absolute Gasteiger partial charge is 0.370 e. The standard InChI is InChI=1S/C22H22FN3O2/c23-19-9-5-4-8-17(19)12-21(27)24-13-20-22-18(10-11-28-20)15-26(25-22)14-16-6-2-1-3-7-16/h1-9,15,20H,10-14H2,(H,24,27). The SMILES string of the molecule is O=C(Cc1ccccc1F)NCC1OCCc2cn(Cc3ccccc3)nc21. The predicted octanol–water partition coefficient (Wildman–Crippen LogP) is 3.04. The van der Waals surface area contributed by atoms with Gasteiger partial charge in [-0.15, -0.1) is 0 Å². The number of benzene rings is 2. The van der Waals surface area contributed by atoms with Crippen LogP contribution in [-0.2, 0) is 28.9 Å². The molecule has 0 saturated carbocycles. The van der Waals surface area contributed by atoms with E-state index >= 15 is 0 Å². The van der Waals surface area contributed by atoms with E-state index in [-0.39, 0.29) is 24.2 Å². The number of ether oxygens (including phenoxy) is 1. The Morgan fingerprint density at radius 2 is 1.96 bits per heavy atom. The molecule has 1 aliphatic rings. The van der Waals surface area contributed by atoms with Gasteiger partial charge in [-0.2, -0.15) is 5.10 Å². The van der Waals surface area contributed by atoms with Crippen molar-refractivity contribution in [2.75, 3.05) is 13.2 Å². The molecule has 0 saturated heterocycles. The quantitative estimate of drug-likeness (QED) is 0.716. The fraction of sp³-hybridized carbons (Fsp3) is 0.273. The van der Waals surface area contributed by atoms with Crippen LogP contribution in [0.2, 0.25) is 0 Å². The first-order valence-electron chi connectivity index (χ1n) is 9.41. The molecule has 1 amide bonds. The number of nitrogens with one attached hydrogen (secondary N) is 1. The fourth-order valence-electron chi connectivity index (χ4n) is 3.42. The Hall–Kier alpha value is -2.99. The van der Waals surface area contributed by atoms with Gasteiger partial charge in [0.05, 0.1) is 25.3 Å². The van der Waals surface area contributed by atoms with Gasteiger partial charge in [0.25, 0.3) is 0 Å². The minimum absolute atomic E-state index is 0.00863. The van der Waals surface area contributed by atoms with Crippen molar-refractivity contribution in [2.45, 2.75) is 25.5 Å². The van der Waals surface area contributed by atoms with Gasteiger partial charge >= 0.3 is 0 Å². The molecule has 1 aliphatic heterocycles. The van der Waals surface area contributed by atoms with Crippen molar-refractivity contribution < 1.29 is 13.9 Å². The second-order valence-electron chi connectivity index (χ2n) is 6.90. The van der Waals surface area contributed by atoms with E-state index in [2.05, 4.69) is 28.7 Å². The third-order valence-electron chi connectivity index (χ3n) is 4.85. The van der Waals surface area contributed by atoms with E-state index < -0.39 is 0 Å². The van der Waals surface area contributed by atoms with Gasteiger partial charge in [0.2, 0.25) is 5.91 Å². The summed E-state index contributed by atoms with van der Waals surface area (Å²) in [5, 5.41) is 7.53. The summed E-state index contributed by atoms with van der Waals surface area (Å²) < 4.78 is 21.5. The first-order chi connectivity index (χ1) is 13.7. The summed E-state index contributed by atoms with van der Waals surface area (Å²) in [6.07, 6.45) is 2.59. The normalized spacial score (nSPS) is 15.8. The number of halogens is 1. The Morgan fingerprint density at radius 1 is 1.18 bits per heavy atom. The lowest BCUT2D eigenvalue weighted by Crippen LogP contribution is -2.33. The van der Waals surface area contributed by atoms with Gasteiger partial charge < -0.3 is 10.1 Å². The highest BCUT2D eigenvalue weighted by Crippen LogP contribution is 2.25. The van der Waals surface area contributed by atoms with Gasteiger partial charge in [0, 0.05) is 12.7 Å². The Labute approximate surface area is 163 Å². The maximum absolute atomic E-state index is 13.7. The molecule has 0 fully saturated rings. The van der Waals surface area contributed by atoms with E-state index in [0.717, 1.165) is 17.7 Å². The van der Waals surface area contributed by atoms with Crippen LogP contribution in [0, 0.1) is 5.82 Å². The van der Waals surface area contributed by atoms with Crippen molar-refractivity contribution in [1.29, 1.82) is 0 Å². The number of rotatable bonds is 6. The topological polar surface area (TPSA) is 56.1 Å². The zero-order chi connectivity index (χ0) is 19.3. The smallest absolute Gasteiger partial charge is 0.224 e. The summed E-state index contributed by atoms with van der Waals surface area (Å²) in [7, 11) is 0. The lowest BCUT2D eigenvalue weighted by atomic mass is 10.1. The number of nitrogens with zero attached hydrogens (tertiary/aromatic N) is 2. The summed E-state index contributed by atoms with van der Waals surface area (Å²) in [6.45, 7) is 1.61. The van der Waals surface area contributed by atoms with Crippen molar-refractivity contribution in [1.82, 2.24) is 15.1 Å². The van der Waals surface area contributed by atoms with Gasteiger partial charge in [-0.3, -0.25) is 9.48 Å². The maximum atomic E-state index is 13.7. The molecule has 2 heterocycles. The monoisotopic (exact) mass is 379 g/mol. The Morgan fingerprint density at radius 3 is 2.79 bits per heavy atom. The molecule has 28 heavy (non-hydrogen) atoms. The van der Waals surface area contributed by atoms with E-state index in [1.165, 1.54) is 11.6 Å². The molecule has 1 unspecified atom stereocenters. The van der Waals surface area contributed by atoms with E-state index in [1.54, 1.807) is 18.2 Å². The van der Waals surface area contributed by atoms with E-state index in [4.69, 9.17) is 4.74 Å². The van der Waals surface area contributed by atoms with Crippen LogP contribution in [0.4, 0.5) is 4.39 Å². The molecule has 6 heteroatoms. The van der Waals surface area contributed by atoms with Crippen LogP contribution in [0.5, 0.6) is 0 Å². The van der Waals surface area contributed by atoms with Crippen LogP contribution < -0.4 is 5.32 Å². The number of aromatic nitrogens is 2. The molecule has 4 rings (SSSR count). The second-order valence-corrected chi connectivity index (χ2v) is 6.90. The summed E-state index contributed by atoms with van der Waals surface area (Å²) in [5.74, 6) is -0.599. The molecule has 1 aromatic heterocycles. The van der Waals surface area contributed by atoms with Crippen LogP contribution in [0.15, 0.2) is 60.8 Å². The summed E-state index contributed by atoms with van der Waals surface area (Å²) >= 11 is 0. The average molecular weight is 379 g/mol. The van der Waals surface area contributed by atoms with Gasteiger partial charge in [0.1, 0.15) is 11.9 Å². The van der Waals surface area contributed by atoms with E-state index in [0.29, 0.717) is 25.3 Å². The average Bonchev–Trinajstić information content (AvgIpc) is 3.12. The van der Waals surface area contributed by atoms with Gasteiger partial charge in [-0.1, -0.05) is 48.5 Å². The first kappa shape index (κ1) is 18.4. The Bertz CT molecular complexity index is 955. The van der Waals surface area contributed by atoms with Gasteiger partial charge in [0.15, 0.2) is 0 Å². The highest BCUT2D eigenvalue weighted by Gasteiger charge is 2.25. The van der Waals surface area contributed by atoms with Crippen molar-refractivity contribution in [3.63, 3.8) is 0 Å². The molecular formula is C22H22FN3O2. The number of carbonyl (C=O) groups is 1. The van der Waals surface area contributed by atoms with Crippen LogP contribution in [-0.4, -0.2) is 28.8 Å². The van der Waals surface area contributed by atoms with E-state index in [9.17, 15) is 9.18 Å². The highest BCUT2D eigenvalue weighted by molar-refractivity contribution is 5.78. The van der Waals surface area contributed by atoms with Crippen molar-refractivity contribution in [2.24, 2.45) is 0 Å². The molecule has 0 bridgehead atoms. The summed E-state index contributed by atoms with van der Waals surface area (Å²) in [6, 6.07) is 16.5. The van der Waals surface area contributed by atoms with Crippen molar-refractivity contribution >= 4 is 5.91 Å². The predicted molar refractivity (Wildman–Crippen MR) is 103 cm³/mol. The molecule has 3 aromatic rings. The number of amides is 1. The van der Waals surface area contributed by atoms with Crippen molar-refractivity contribution in [3.05, 3.63) is 89.0 Å². The molecule has 0 radical (unpaired) electrons. The third-order valence-corrected chi connectivity index (χ3v) is 4.85. The molecule has 144 valence electrons. The minimum atomic E-state index is -0.367. The maximum Gasteiger partial charge on any atom is 0.224 e. The second kappa shape index (κ2) is 8.35. The van der Waals surface area contributed by atoms with E-state index in [1.807, 2.05) is 22.9 Å². The third kappa shape index (κ3) is 4.28. The zero-order valence-corrected chi connectivity index (χ0v) is 15.5. The number of carbonyl (C=O) groups excluding carboxylic acids is 1. The molecular weight excluding hydrogens is 357 g/mol. The fourth-order valence-corrected chi connectivity index (χ4v) is 3.42. The van der Waals surface area contributed by atoms with Crippen LogP contribution in [0.1, 0.15) is 28.5 Å². The zero-order valence-electron chi connectivity index (χ0n) is 15.5. The van der Waals surface area contributed by atoms with Crippen LogP contribution >= 0.6 is 0 Å². The molecule has 1 atom stereocenters. The number of hydrogen-bond acceptors (Lipinski definition) is 3. The molecule has 5 nitrogen and oxygen atoms in total.